The van der Waals surface area contributed by atoms with E-state index in [1.54, 1.807) is 0 Å². The van der Waals surface area contributed by atoms with Gasteiger partial charge in [-0.05, 0) is 11.5 Å². The Labute approximate surface area is 149 Å². The van der Waals surface area contributed by atoms with Crippen molar-refractivity contribution < 1.29 is 14.3 Å². The molecule has 1 N–H and O–H groups in total. The molecule has 0 saturated carbocycles. The van der Waals surface area contributed by atoms with Crippen LogP contribution in [0.2, 0.25) is 0 Å². The summed E-state index contributed by atoms with van der Waals surface area (Å²) in [4.78, 5) is 16.8. The molecule has 2 heterocycles. The Kier molecular flexibility index (Phi) is 4.28. The van der Waals surface area contributed by atoms with E-state index in [9.17, 15) is 4.79 Å². The van der Waals surface area contributed by atoms with Crippen LogP contribution in [0.1, 0.15) is 24.8 Å². The van der Waals surface area contributed by atoms with Gasteiger partial charge in [0.15, 0.2) is 16.6 Å². The highest BCUT2D eigenvalue weighted by molar-refractivity contribution is 7.22. The molecule has 1 amide bonds. The van der Waals surface area contributed by atoms with Gasteiger partial charge in [0.1, 0.15) is 13.2 Å². The highest BCUT2D eigenvalue weighted by Crippen LogP contribution is 2.37. The predicted octanol–water partition coefficient (Wildman–Crippen LogP) is 4.20. The van der Waals surface area contributed by atoms with Gasteiger partial charge in [0.2, 0.25) is 5.91 Å². The van der Waals surface area contributed by atoms with E-state index in [2.05, 4.69) is 17.2 Å². The topological polar surface area (TPSA) is 60.5 Å². The van der Waals surface area contributed by atoms with Crippen molar-refractivity contribution in [3.05, 3.63) is 48.0 Å². The summed E-state index contributed by atoms with van der Waals surface area (Å²) in [5.41, 5.74) is 1.96. The normalized spacial score (nSPS) is 14.3. The van der Waals surface area contributed by atoms with Gasteiger partial charge < -0.3 is 14.8 Å². The van der Waals surface area contributed by atoms with Crippen molar-refractivity contribution in [1.29, 1.82) is 0 Å². The van der Waals surface area contributed by atoms with Crippen LogP contribution in [0.5, 0.6) is 11.5 Å². The largest absolute Gasteiger partial charge is 0.486 e. The van der Waals surface area contributed by atoms with Crippen LogP contribution < -0.4 is 14.8 Å². The summed E-state index contributed by atoms with van der Waals surface area (Å²) in [7, 11) is 0. The minimum atomic E-state index is -0.0346. The molecule has 128 valence electrons. The third-order valence-electron chi connectivity index (χ3n) is 4.16. The molecule has 0 bridgehead atoms. The number of hydrogen-bond donors (Lipinski definition) is 1. The van der Waals surface area contributed by atoms with Crippen molar-refractivity contribution in [2.45, 2.75) is 19.3 Å². The maximum absolute atomic E-state index is 12.3. The summed E-state index contributed by atoms with van der Waals surface area (Å²) in [6.45, 7) is 3.15. The SMILES string of the molecule is CC(CC(=O)Nc1nc2cc3c(cc2s1)OCCO3)c1ccccc1. The van der Waals surface area contributed by atoms with Gasteiger partial charge in [-0.2, -0.15) is 0 Å². The molecule has 0 spiro atoms. The Morgan fingerprint density at radius 3 is 2.68 bits per heavy atom. The Morgan fingerprint density at radius 1 is 1.20 bits per heavy atom. The monoisotopic (exact) mass is 354 g/mol. The van der Waals surface area contributed by atoms with Crippen LogP contribution in [-0.4, -0.2) is 24.1 Å². The molecule has 25 heavy (non-hydrogen) atoms. The van der Waals surface area contributed by atoms with Crippen LogP contribution in [0.3, 0.4) is 0 Å². The zero-order chi connectivity index (χ0) is 17.2. The summed E-state index contributed by atoms with van der Waals surface area (Å²) in [5, 5.41) is 3.51. The van der Waals surface area contributed by atoms with Crippen LogP contribution in [0.15, 0.2) is 42.5 Å². The smallest absolute Gasteiger partial charge is 0.226 e. The predicted molar refractivity (Wildman–Crippen MR) is 98.7 cm³/mol. The van der Waals surface area contributed by atoms with Gasteiger partial charge in [-0.3, -0.25) is 4.79 Å². The molecule has 4 rings (SSSR count). The van der Waals surface area contributed by atoms with Crippen molar-refractivity contribution in [3.63, 3.8) is 0 Å². The van der Waals surface area contributed by atoms with Crippen molar-refractivity contribution in [3.8, 4) is 11.5 Å². The van der Waals surface area contributed by atoms with Crippen molar-refractivity contribution in [2.24, 2.45) is 0 Å². The van der Waals surface area contributed by atoms with Gasteiger partial charge in [0.05, 0.1) is 10.2 Å². The highest BCUT2D eigenvalue weighted by Gasteiger charge is 2.17. The highest BCUT2D eigenvalue weighted by atomic mass is 32.1. The number of rotatable bonds is 4. The van der Waals surface area contributed by atoms with Crippen LogP contribution in [0, 0.1) is 0 Å². The summed E-state index contributed by atoms with van der Waals surface area (Å²) >= 11 is 1.44. The summed E-state index contributed by atoms with van der Waals surface area (Å²) in [5.74, 6) is 1.56. The van der Waals surface area contributed by atoms with E-state index in [1.807, 2.05) is 42.5 Å². The number of benzene rings is 2. The molecular weight excluding hydrogens is 336 g/mol. The lowest BCUT2D eigenvalue weighted by Gasteiger charge is -2.17. The Morgan fingerprint density at radius 2 is 1.92 bits per heavy atom. The molecule has 6 heteroatoms. The van der Waals surface area contributed by atoms with E-state index >= 15 is 0 Å². The Hall–Kier alpha value is -2.60. The number of nitrogens with one attached hydrogen (secondary N) is 1. The third kappa shape index (κ3) is 3.44. The lowest BCUT2D eigenvalue weighted by Crippen LogP contribution is -2.15. The second-order valence-electron chi connectivity index (χ2n) is 6.05. The minimum absolute atomic E-state index is 0.0346. The van der Waals surface area contributed by atoms with Crippen LogP contribution in [-0.2, 0) is 4.79 Å². The fourth-order valence-corrected chi connectivity index (χ4v) is 3.76. The number of fused-ring (bicyclic) bond motifs is 2. The molecule has 0 aliphatic carbocycles. The van der Waals surface area contributed by atoms with Crippen molar-refractivity contribution in [2.75, 3.05) is 18.5 Å². The molecule has 0 fully saturated rings. The molecular formula is C19H18N2O3S. The maximum Gasteiger partial charge on any atom is 0.226 e. The number of carbonyl (C=O) groups excluding carboxylic acids is 1. The second-order valence-corrected chi connectivity index (χ2v) is 7.08. The van der Waals surface area contributed by atoms with Crippen molar-refractivity contribution >= 4 is 32.6 Å². The summed E-state index contributed by atoms with van der Waals surface area (Å²) < 4.78 is 12.1. The lowest BCUT2D eigenvalue weighted by molar-refractivity contribution is -0.116. The molecule has 5 nitrogen and oxygen atoms in total. The first-order chi connectivity index (χ1) is 12.2. The quantitative estimate of drug-likeness (QED) is 0.763. The molecule has 3 aromatic rings. The van der Waals surface area contributed by atoms with E-state index < -0.39 is 0 Å². The van der Waals surface area contributed by atoms with Crippen molar-refractivity contribution in [1.82, 2.24) is 4.98 Å². The number of carbonyl (C=O) groups is 1. The van der Waals surface area contributed by atoms with E-state index in [0.29, 0.717) is 30.5 Å². The first kappa shape index (κ1) is 15.9. The van der Waals surface area contributed by atoms with Gasteiger partial charge in [-0.15, -0.1) is 0 Å². The van der Waals surface area contributed by atoms with Gasteiger partial charge in [-0.25, -0.2) is 4.98 Å². The standard InChI is InChI=1S/C19H18N2O3S/c1-12(13-5-3-2-4-6-13)9-18(22)21-19-20-14-10-15-16(11-17(14)25-19)24-8-7-23-15/h2-6,10-12H,7-9H2,1H3,(H,20,21,22). The molecule has 1 aliphatic rings. The van der Waals surface area contributed by atoms with Gasteiger partial charge in [0.25, 0.3) is 0 Å². The third-order valence-corrected chi connectivity index (χ3v) is 5.09. The summed E-state index contributed by atoms with van der Waals surface area (Å²) in [6, 6.07) is 13.8. The molecule has 2 aromatic carbocycles. The molecule has 1 atom stereocenters. The number of hydrogen-bond acceptors (Lipinski definition) is 5. The van der Waals surface area contributed by atoms with E-state index in [-0.39, 0.29) is 11.8 Å². The van der Waals surface area contributed by atoms with Gasteiger partial charge >= 0.3 is 0 Å². The minimum Gasteiger partial charge on any atom is -0.486 e. The fraction of sp³-hybridized carbons (Fsp3) is 0.263. The molecule has 1 aliphatic heterocycles. The van der Waals surface area contributed by atoms with Gasteiger partial charge in [0, 0.05) is 18.6 Å². The lowest BCUT2D eigenvalue weighted by atomic mass is 9.98. The van der Waals surface area contributed by atoms with Crippen LogP contribution in [0.25, 0.3) is 10.2 Å². The van der Waals surface area contributed by atoms with E-state index in [1.165, 1.54) is 11.3 Å². The number of anilines is 1. The van der Waals surface area contributed by atoms with E-state index in [0.717, 1.165) is 21.5 Å². The van der Waals surface area contributed by atoms with E-state index in [4.69, 9.17) is 9.47 Å². The first-order valence-corrected chi connectivity index (χ1v) is 9.05. The number of amides is 1. The summed E-state index contributed by atoms with van der Waals surface area (Å²) in [6.07, 6.45) is 0.419. The molecule has 0 radical (unpaired) electrons. The molecule has 1 aromatic heterocycles. The maximum atomic E-state index is 12.3. The number of nitrogens with zero attached hydrogens (tertiary/aromatic N) is 1. The zero-order valence-corrected chi connectivity index (χ0v) is 14.6. The average molecular weight is 354 g/mol. The molecule has 0 saturated heterocycles. The number of thiazole rings is 1. The van der Waals surface area contributed by atoms with Crippen LogP contribution in [0.4, 0.5) is 5.13 Å². The Bertz CT molecular complexity index is 865. The fourth-order valence-electron chi connectivity index (χ4n) is 2.87. The molecule has 1 unspecified atom stereocenters. The first-order valence-electron chi connectivity index (χ1n) is 8.24. The average Bonchev–Trinajstić information content (AvgIpc) is 3.01. The zero-order valence-electron chi connectivity index (χ0n) is 13.8. The van der Waals surface area contributed by atoms with Crippen LogP contribution >= 0.6 is 11.3 Å². The number of aromatic nitrogens is 1. The Balaban J connectivity index is 1.47. The second kappa shape index (κ2) is 6.72. The van der Waals surface area contributed by atoms with Gasteiger partial charge in [-0.1, -0.05) is 48.6 Å². The number of ether oxygens (including phenoxy) is 2.